The van der Waals surface area contributed by atoms with E-state index in [1.54, 1.807) is 0 Å². The maximum Gasteiger partial charge on any atom is 0.265 e. The molecule has 0 saturated heterocycles. The fraction of sp³-hybridized carbons (Fsp3) is 0.909. The van der Waals surface area contributed by atoms with Crippen molar-refractivity contribution in [2.24, 2.45) is 5.92 Å². The lowest BCUT2D eigenvalue weighted by Crippen LogP contribution is -2.21. The van der Waals surface area contributed by atoms with Gasteiger partial charge in [-0.25, -0.2) is 0 Å². The van der Waals surface area contributed by atoms with Gasteiger partial charge in [0, 0.05) is 0 Å². The van der Waals surface area contributed by atoms with Gasteiger partial charge in [0.05, 0.1) is 12.3 Å². The van der Waals surface area contributed by atoms with Gasteiger partial charge in [-0.3, -0.25) is 14.4 Å². The summed E-state index contributed by atoms with van der Waals surface area (Å²) in [6, 6.07) is 0. The topological polar surface area (TPSA) is 69.4 Å². The Morgan fingerprint density at radius 1 is 1.47 bits per heavy atom. The molecule has 0 saturated carbocycles. The van der Waals surface area contributed by atoms with Gasteiger partial charge in [0.2, 0.25) is 6.34 Å². The maximum atomic E-state index is 10.9. The molecular weight excluding hydrogens is 240 g/mol. The Balaban J connectivity index is 2.39. The summed E-state index contributed by atoms with van der Waals surface area (Å²) in [6.45, 7) is 4.88. The Hall–Kier alpha value is -0.620. The fourth-order valence-corrected chi connectivity index (χ4v) is 3.02. The Kier molecular flexibility index (Phi) is 5.91. The first-order chi connectivity index (χ1) is 8.01. The van der Waals surface area contributed by atoms with E-state index in [-0.39, 0.29) is 11.7 Å². The van der Waals surface area contributed by atoms with Crippen molar-refractivity contribution in [1.29, 1.82) is 0 Å². The molecule has 0 radical (unpaired) electrons. The van der Waals surface area contributed by atoms with E-state index in [2.05, 4.69) is 16.8 Å². The predicted molar refractivity (Wildman–Crippen MR) is 68.1 cm³/mol. The molecule has 2 N–H and O–H groups in total. The molecule has 6 heteroatoms. The molecule has 1 rings (SSSR count). The molecule has 100 valence electrons. The number of unbranched alkanes of at least 4 members (excludes halogenated alkanes) is 1. The first-order valence-corrected chi connectivity index (χ1v) is 7.88. The summed E-state index contributed by atoms with van der Waals surface area (Å²) in [5, 5.41) is 3.12. The second-order valence-electron chi connectivity index (χ2n) is 4.66. The summed E-state index contributed by atoms with van der Waals surface area (Å²) in [5.74, 6) is -0.0344. The molecule has 1 aliphatic rings. The van der Waals surface area contributed by atoms with Crippen LogP contribution in [0.1, 0.15) is 32.6 Å². The highest BCUT2D eigenvalue weighted by atomic mass is 32.2. The zero-order chi connectivity index (χ0) is 12.7. The largest absolute Gasteiger partial charge is 0.286 e. The van der Waals surface area contributed by atoms with Crippen LogP contribution in [-0.2, 0) is 10.1 Å². The average molecular weight is 263 g/mol. The van der Waals surface area contributed by atoms with Crippen LogP contribution in [-0.4, -0.2) is 49.3 Å². The van der Waals surface area contributed by atoms with Crippen LogP contribution in [0.2, 0.25) is 0 Å². The minimum atomic E-state index is -3.84. The van der Waals surface area contributed by atoms with Gasteiger partial charge in [0.1, 0.15) is 13.1 Å². The lowest BCUT2D eigenvalue weighted by atomic mass is 10.0. The molecule has 1 aliphatic heterocycles. The minimum absolute atomic E-state index is 0.0685. The van der Waals surface area contributed by atoms with Gasteiger partial charge in [0.25, 0.3) is 10.1 Å². The van der Waals surface area contributed by atoms with Crippen molar-refractivity contribution < 1.29 is 17.5 Å². The first-order valence-electron chi connectivity index (χ1n) is 6.27. The molecule has 0 aliphatic carbocycles. The van der Waals surface area contributed by atoms with Gasteiger partial charge in [-0.15, -0.1) is 0 Å². The molecule has 1 atom stereocenters. The third-order valence-corrected chi connectivity index (χ3v) is 3.95. The van der Waals surface area contributed by atoms with Crippen LogP contribution in [0, 0.1) is 5.92 Å². The third-order valence-electron chi connectivity index (χ3n) is 3.05. The van der Waals surface area contributed by atoms with Gasteiger partial charge in [-0.05, 0) is 18.8 Å². The van der Waals surface area contributed by atoms with Crippen molar-refractivity contribution in [3.8, 4) is 0 Å². The monoisotopic (exact) mass is 263 g/mol. The van der Waals surface area contributed by atoms with Gasteiger partial charge < -0.3 is 0 Å². The second-order valence-corrected chi connectivity index (χ2v) is 6.16. The van der Waals surface area contributed by atoms with Gasteiger partial charge >= 0.3 is 0 Å². The van der Waals surface area contributed by atoms with E-state index in [0.717, 1.165) is 45.3 Å². The normalized spacial score (nSPS) is 17.6. The van der Waals surface area contributed by atoms with E-state index in [1.165, 1.54) is 0 Å². The van der Waals surface area contributed by atoms with Crippen LogP contribution in [0.4, 0.5) is 0 Å². The number of nitrogens with one attached hydrogen (secondary N) is 1. The van der Waals surface area contributed by atoms with Crippen molar-refractivity contribution in [1.82, 2.24) is 5.32 Å². The third kappa shape index (κ3) is 6.63. The number of rotatable bonds is 8. The highest BCUT2D eigenvalue weighted by Crippen LogP contribution is 2.15. The van der Waals surface area contributed by atoms with Gasteiger partial charge in [0.15, 0.2) is 0 Å². The van der Waals surface area contributed by atoms with E-state index in [1.807, 2.05) is 6.34 Å². The highest BCUT2D eigenvalue weighted by Gasteiger charge is 2.18. The number of hydrogen-bond donors (Lipinski definition) is 2. The summed E-state index contributed by atoms with van der Waals surface area (Å²) in [6.07, 6.45) is 5.71. The molecular formula is C11H23N2O3S+. The van der Waals surface area contributed by atoms with Gasteiger partial charge in [-0.2, -0.15) is 8.42 Å². The standard InChI is InChI=1S/C11H22N2O3S/c1-2-3-4-11(9-17(14,15)16)5-7-13-8-6-12-10-13/h10-11H,2-9H2,1H3,(H,14,15,16)/p+1. The number of nitrogens with zero attached hydrogens (tertiary/aromatic N) is 1. The Labute approximate surface area is 104 Å². The summed E-state index contributed by atoms with van der Waals surface area (Å²) >= 11 is 0. The van der Waals surface area contributed by atoms with Crippen molar-refractivity contribution >= 4 is 16.5 Å². The van der Waals surface area contributed by atoms with Crippen molar-refractivity contribution in [3.63, 3.8) is 0 Å². The van der Waals surface area contributed by atoms with E-state index < -0.39 is 10.1 Å². The summed E-state index contributed by atoms with van der Waals surface area (Å²) in [4.78, 5) is 0. The minimum Gasteiger partial charge on any atom is -0.286 e. The summed E-state index contributed by atoms with van der Waals surface area (Å²) < 4.78 is 32.9. The fourth-order valence-electron chi connectivity index (χ4n) is 2.09. The van der Waals surface area contributed by atoms with Crippen molar-refractivity contribution in [3.05, 3.63) is 0 Å². The quantitative estimate of drug-likeness (QED) is 0.500. The lowest BCUT2D eigenvalue weighted by Gasteiger charge is -2.14. The Morgan fingerprint density at radius 3 is 2.76 bits per heavy atom. The van der Waals surface area contributed by atoms with Crippen LogP contribution in [0.25, 0.3) is 0 Å². The summed E-state index contributed by atoms with van der Waals surface area (Å²) in [5.41, 5.74) is 0. The van der Waals surface area contributed by atoms with E-state index in [4.69, 9.17) is 4.55 Å². The van der Waals surface area contributed by atoms with Crippen LogP contribution in [0.5, 0.6) is 0 Å². The molecule has 1 heterocycles. The smallest absolute Gasteiger partial charge is 0.265 e. The molecule has 0 spiro atoms. The molecule has 17 heavy (non-hydrogen) atoms. The zero-order valence-corrected chi connectivity index (χ0v) is 11.2. The second kappa shape index (κ2) is 6.96. The molecule has 5 nitrogen and oxygen atoms in total. The van der Waals surface area contributed by atoms with Gasteiger partial charge in [-0.1, -0.05) is 19.8 Å². The number of hydrogen-bond acceptors (Lipinski definition) is 3. The van der Waals surface area contributed by atoms with Crippen molar-refractivity contribution in [2.45, 2.75) is 32.6 Å². The molecule has 0 aromatic carbocycles. The van der Waals surface area contributed by atoms with Crippen LogP contribution < -0.4 is 5.32 Å². The molecule has 0 fully saturated rings. The van der Waals surface area contributed by atoms with Crippen LogP contribution in [0.15, 0.2) is 0 Å². The predicted octanol–water partition coefficient (Wildman–Crippen LogP) is 0.715. The summed E-state index contributed by atoms with van der Waals surface area (Å²) in [7, 11) is -3.84. The van der Waals surface area contributed by atoms with Crippen LogP contribution in [0.3, 0.4) is 0 Å². The molecule has 0 aromatic rings. The molecule has 0 bridgehead atoms. The Morgan fingerprint density at radius 2 is 2.24 bits per heavy atom. The van der Waals surface area contributed by atoms with E-state index in [9.17, 15) is 8.42 Å². The highest BCUT2D eigenvalue weighted by molar-refractivity contribution is 7.85. The first kappa shape index (κ1) is 14.4. The molecule has 0 amide bonds. The van der Waals surface area contributed by atoms with Crippen LogP contribution >= 0.6 is 0 Å². The average Bonchev–Trinajstić information content (AvgIpc) is 2.73. The van der Waals surface area contributed by atoms with E-state index >= 15 is 0 Å². The SMILES string of the molecule is CCCCC(CC[N+]1=CNCC1)CS(=O)(=O)O. The van der Waals surface area contributed by atoms with E-state index in [0.29, 0.717) is 0 Å². The Bertz CT molecular complexity index is 352. The molecule has 0 aromatic heterocycles. The lowest BCUT2D eigenvalue weighted by molar-refractivity contribution is -0.515. The van der Waals surface area contributed by atoms with Crippen molar-refractivity contribution in [2.75, 3.05) is 25.4 Å². The zero-order valence-electron chi connectivity index (χ0n) is 10.4. The molecule has 1 unspecified atom stereocenters. The maximum absolute atomic E-state index is 10.9.